The fraction of sp³-hybridized carbons (Fsp3) is 0.368. The second-order valence-electron chi connectivity index (χ2n) is 6.33. The summed E-state index contributed by atoms with van der Waals surface area (Å²) in [5.74, 6) is 0.855. The molecule has 1 atom stereocenters. The summed E-state index contributed by atoms with van der Waals surface area (Å²) in [7, 11) is 1.66. The highest BCUT2D eigenvalue weighted by Gasteiger charge is 2.20. The molecule has 0 aliphatic carbocycles. The van der Waals surface area contributed by atoms with Crippen LogP contribution in [0.2, 0.25) is 5.02 Å². The van der Waals surface area contributed by atoms with Crippen molar-refractivity contribution >= 4 is 11.6 Å². The minimum absolute atomic E-state index is 0.142. The monoisotopic (exact) mass is 333 g/mol. The van der Waals surface area contributed by atoms with E-state index >= 15 is 0 Å². The third-order valence-corrected chi connectivity index (χ3v) is 4.19. The molecule has 0 spiro atoms. The van der Waals surface area contributed by atoms with Gasteiger partial charge in [0.2, 0.25) is 0 Å². The minimum Gasteiger partial charge on any atom is -0.497 e. The number of hydrogen-bond acceptors (Lipinski definition) is 3. The molecule has 23 heavy (non-hydrogen) atoms. The molecule has 4 heteroatoms. The zero-order chi connectivity index (χ0) is 16.9. The summed E-state index contributed by atoms with van der Waals surface area (Å²) in [5, 5.41) is 14.3. The molecule has 0 aromatic heterocycles. The summed E-state index contributed by atoms with van der Waals surface area (Å²) in [6.45, 7) is 4.69. The first kappa shape index (κ1) is 17.8. The van der Waals surface area contributed by atoms with Crippen LogP contribution in [0.15, 0.2) is 48.5 Å². The normalized spacial score (nSPS) is 12.9. The zero-order valence-corrected chi connectivity index (χ0v) is 14.6. The Kier molecular flexibility index (Phi) is 6.05. The first-order chi connectivity index (χ1) is 10.9. The average Bonchev–Trinajstić information content (AvgIpc) is 2.53. The number of nitrogens with one attached hydrogen (secondary N) is 1. The van der Waals surface area contributed by atoms with Crippen molar-refractivity contribution in [3.8, 4) is 5.75 Å². The molecule has 2 rings (SSSR count). The van der Waals surface area contributed by atoms with Crippen LogP contribution in [0, 0.1) is 0 Å². The highest BCUT2D eigenvalue weighted by Crippen LogP contribution is 2.23. The molecule has 0 amide bonds. The molecule has 0 heterocycles. The van der Waals surface area contributed by atoms with Gasteiger partial charge in [0.15, 0.2) is 0 Å². The van der Waals surface area contributed by atoms with Gasteiger partial charge < -0.3 is 15.2 Å². The maximum Gasteiger partial charge on any atom is 0.118 e. The highest BCUT2D eigenvalue weighted by molar-refractivity contribution is 6.31. The van der Waals surface area contributed by atoms with E-state index in [-0.39, 0.29) is 5.54 Å². The molecular formula is C19H24ClNO2. The SMILES string of the molecule is COc1ccc(CC(C)(C)NCC(O)c2ccccc2Cl)cc1. The Morgan fingerprint density at radius 2 is 1.78 bits per heavy atom. The van der Waals surface area contributed by atoms with Gasteiger partial charge in [0.05, 0.1) is 13.2 Å². The van der Waals surface area contributed by atoms with Gasteiger partial charge in [-0.25, -0.2) is 0 Å². The van der Waals surface area contributed by atoms with Crippen molar-refractivity contribution in [2.75, 3.05) is 13.7 Å². The van der Waals surface area contributed by atoms with Gasteiger partial charge in [0.25, 0.3) is 0 Å². The molecule has 0 saturated carbocycles. The van der Waals surface area contributed by atoms with Gasteiger partial charge in [-0.15, -0.1) is 0 Å². The number of aliphatic hydroxyl groups is 1. The minimum atomic E-state index is -0.626. The summed E-state index contributed by atoms with van der Waals surface area (Å²) < 4.78 is 5.18. The summed E-state index contributed by atoms with van der Waals surface area (Å²) in [6, 6.07) is 15.4. The Labute approximate surface area is 143 Å². The van der Waals surface area contributed by atoms with Gasteiger partial charge in [-0.3, -0.25) is 0 Å². The van der Waals surface area contributed by atoms with Crippen molar-refractivity contribution < 1.29 is 9.84 Å². The lowest BCUT2D eigenvalue weighted by Crippen LogP contribution is -2.43. The van der Waals surface area contributed by atoms with Crippen molar-refractivity contribution in [3.63, 3.8) is 0 Å². The Bertz CT molecular complexity index is 626. The molecule has 3 nitrogen and oxygen atoms in total. The quantitative estimate of drug-likeness (QED) is 0.805. The molecule has 2 aromatic rings. The number of rotatable bonds is 7. The Balaban J connectivity index is 1.93. The van der Waals surface area contributed by atoms with E-state index in [0.29, 0.717) is 11.6 Å². The maximum absolute atomic E-state index is 10.3. The highest BCUT2D eigenvalue weighted by atomic mass is 35.5. The lowest BCUT2D eigenvalue weighted by atomic mass is 9.94. The predicted molar refractivity (Wildman–Crippen MR) is 95.2 cm³/mol. The van der Waals surface area contributed by atoms with Crippen LogP contribution in [-0.2, 0) is 6.42 Å². The smallest absolute Gasteiger partial charge is 0.118 e. The first-order valence-electron chi connectivity index (χ1n) is 7.72. The summed E-state index contributed by atoms with van der Waals surface area (Å²) in [5.41, 5.74) is 1.83. The third kappa shape index (κ3) is 5.24. The molecule has 2 aromatic carbocycles. The van der Waals surface area contributed by atoms with E-state index in [2.05, 4.69) is 31.3 Å². The van der Waals surface area contributed by atoms with Crippen molar-refractivity contribution in [2.45, 2.75) is 31.9 Å². The molecule has 2 N–H and O–H groups in total. The molecule has 0 radical (unpaired) electrons. The molecule has 124 valence electrons. The van der Waals surface area contributed by atoms with E-state index in [0.717, 1.165) is 17.7 Å². The van der Waals surface area contributed by atoms with Gasteiger partial charge in [0.1, 0.15) is 5.75 Å². The van der Waals surface area contributed by atoms with Gasteiger partial charge in [-0.2, -0.15) is 0 Å². The topological polar surface area (TPSA) is 41.5 Å². The fourth-order valence-corrected chi connectivity index (χ4v) is 2.81. The van der Waals surface area contributed by atoms with Gasteiger partial charge in [-0.1, -0.05) is 41.9 Å². The van der Waals surface area contributed by atoms with Crippen molar-refractivity contribution in [1.29, 1.82) is 0 Å². The second kappa shape index (κ2) is 7.82. The predicted octanol–water partition coefficient (Wildman–Crippen LogP) is 3.99. The number of halogens is 1. The van der Waals surface area contributed by atoms with Gasteiger partial charge >= 0.3 is 0 Å². The van der Waals surface area contributed by atoms with Gasteiger partial charge in [0, 0.05) is 22.7 Å². The fourth-order valence-electron chi connectivity index (χ4n) is 2.54. The van der Waals surface area contributed by atoms with Crippen LogP contribution in [-0.4, -0.2) is 24.3 Å². The van der Waals surface area contributed by atoms with E-state index in [1.807, 2.05) is 30.3 Å². The van der Waals surface area contributed by atoms with Crippen LogP contribution in [0.5, 0.6) is 5.75 Å². The van der Waals surface area contributed by atoms with Crippen molar-refractivity contribution in [1.82, 2.24) is 5.32 Å². The van der Waals surface area contributed by atoms with E-state index in [1.165, 1.54) is 5.56 Å². The standard InChI is InChI=1S/C19H24ClNO2/c1-19(2,12-14-8-10-15(23-3)11-9-14)21-13-18(22)16-6-4-5-7-17(16)20/h4-11,18,21-22H,12-13H2,1-3H3. The van der Waals surface area contributed by atoms with Crippen LogP contribution in [0.1, 0.15) is 31.1 Å². The van der Waals surface area contributed by atoms with Crippen LogP contribution in [0.4, 0.5) is 0 Å². The molecule has 0 bridgehead atoms. The molecule has 0 saturated heterocycles. The summed E-state index contributed by atoms with van der Waals surface area (Å²) in [6.07, 6.45) is 0.227. The van der Waals surface area contributed by atoms with Crippen LogP contribution in [0.3, 0.4) is 0 Å². The second-order valence-corrected chi connectivity index (χ2v) is 6.73. The number of ether oxygens (including phenoxy) is 1. The number of benzene rings is 2. The number of β-amino-alcohol motifs (C(OH)–C–C–N with tert-alkyl or cyclic N) is 1. The number of aliphatic hydroxyl groups excluding tert-OH is 1. The lowest BCUT2D eigenvalue weighted by Gasteiger charge is -2.28. The van der Waals surface area contributed by atoms with Crippen molar-refractivity contribution in [2.24, 2.45) is 0 Å². The first-order valence-corrected chi connectivity index (χ1v) is 8.09. The zero-order valence-electron chi connectivity index (χ0n) is 13.8. The lowest BCUT2D eigenvalue weighted by molar-refractivity contribution is 0.161. The van der Waals surface area contributed by atoms with Crippen LogP contribution < -0.4 is 10.1 Å². The van der Waals surface area contributed by atoms with Crippen molar-refractivity contribution in [3.05, 3.63) is 64.7 Å². The largest absolute Gasteiger partial charge is 0.497 e. The maximum atomic E-state index is 10.3. The summed E-state index contributed by atoms with van der Waals surface area (Å²) in [4.78, 5) is 0. The van der Waals surface area contributed by atoms with E-state index in [4.69, 9.17) is 16.3 Å². The molecule has 0 aliphatic rings. The summed E-state index contributed by atoms with van der Waals surface area (Å²) >= 11 is 6.13. The number of methoxy groups -OCH3 is 1. The van der Waals surface area contributed by atoms with E-state index in [9.17, 15) is 5.11 Å². The van der Waals surface area contributed by atoms with E-state index in [1.54, 1.807) is 13.2 Å². The molecule has 1 unspecified atom stereocenters. The Morgan fingerprint density at radius 3 is 2.39 bits per heavy atom. The number of hydrogen-bond donors (Lipinski definition) is 2. The average molecular weight is 334 g/mol. The van der Waals surface area contributed by atoms with Gasteiger partial charge in [-0.05, 0) is 44.0 Å². The Hall–Kier alpha value is -1.55. The van der Waals surface area contributed by atoms with E-state index < -0.39 is 6.10 Å². The van der Waals surface area contributed by atoms with Crippen LogP contribution in [0.25, 0.3) is 0 Å². The Morgan fingerprint density at radius 1 is 1.13 bits per heavy atom. The third-order valence-electron chi connectivity index (χ3n) is 3.84. The van der Waals surface area contributed by atoms with Crippen LogP contribution >= 0.6 is 11.6 Å². The molecule has 0 fully saturated rings. The molecular weight excluding hydrogens is 310 g/mol. The molecule has 0 aliphatic heterocycles.